The normalized spacial score (nSPS) is 12.0. The van der Waals surface area contributed by atoms with Crippen LogP contribution in [0.2, 0.25) is 5.02 Å². The maximum Gasteiger partial charge on any atom is 0.338 e. The molecule has 188 valence electrons. The number of rotatable bonds is 11. The Morgan fingerprint density at radius 2 is 1.66 bits per heavy atom. The summed E-state index contributed by atoms with van der Waals surface area (Å²) in [6, 6.07) is 19.7. The zero-order chi connectivity index (χ0) is 24.6. The third-order valence-corrected chi connectivity index (χ3v) is 7.32. The van der Waals surface area contributed by atoms with Crippen LogP contribution in [0.5, 0.6) is 0 Å². The highest BCUT2D eigenvalue weighted by Crippen LogP contribution is 2.22. The number of halogens is 2. The first-order valence-electron chi connectivity index (χ1n) is 11.1. The van der Waals surface area contributed by atoms with Crippen molar-refractivity contribution in [2.45, 2.75) is 35.7 Å². The molecule has 0 fully saturated rings. The number of aliphatic hydroxyl groups excluding tert-OH is 1. The van der Waals surface area contributed by atoms with Gasteiger partial charge in [-0.2, -0.15) is 0 Å². The van der Waals surface area contributed by atoms with Crippen molar-refractivity contribution in [3.8, 4) is 0 Å². The van der Waals surface area contributed by atoms with Gasteiger partial charge in [0.1, 0.15) is 0 Å². The third-order valence-electron chi connectivity index (χ3n) is 5.30. The maximum absolute atomic E-state index is 12.9. The van der Waals surface area contributed by atoms with Gasteiger partial charge in [0.05, 0.1) is 28.1 Å². The smallest absolute Gasteiger partial charge is 0.338 e. The van der Waals surface area contributed by atoms with Gasteiger partial charge in [-0.1, -0.05) is 35.9 Å². The van der Waals surface area contributed by atoms with Gasteiger partial charge in [0.2, 0.25) is 9.84 Å². The molecule has 0 bridgehead atoms. The van der Waals surface area contributed by atoms with Crippen molar-refractivity contribution in [2.24, 2.45) is 0 Å². The molecule has 3 aromatic rings. The quantitative estimate of drug-likeness (QED) is 0.263. The van der Waals surface area contributed by atoms with Crippen LogP contribution in [0.15, 0.2) is 82.6 Å². The number of esters is 1. The second-order valence-electron chi connectivity index (χ2n) is 7.77. The number of sulfone groups is 1. The lowest BCUT2D eigenvalue weighted by atomic mass is 10.1. The summed E-state index contributed by atoms with van der Waals surface area (Å²) < 4.78 is 30.7. The predicted molar refractivity (Wildman–Crippen MR) is 139 cm³/mol. The fourth-order valence-corrected chi connectivity index (χ4v) is 4.90. The molecule has 0 radical (unpaired) electrons. The summed E-state index contributed by atoms with van der Waals surface area (Å²) in [5.41, 5.74) is 2.10. The van der Waals surface area contributed by atoms with Crippen molar-refractivity contribution in [1.82, 2.24) is 5.32 Å². The van der Waals surface area contributed by atoms with Crippen LogP contribution in [0.3, 0.4) is 0 Å². The number of nitrogens with one attached hydrogen (secondary N) is 1. The molecule has 0 aliphatic rings. The highest BCUT2D eigenvalue weighted by Gasteiger charge is 2.18. The predicted octanol–water partition coefficient (Wildman–Crippen LogP) is 5.03. The van der Waals surface area contributed by atoms with Crippen LogP contribution in [0, 0.1) is 0 Å². The summed E-state index contributed by atoms with van der Waals surface area (Å²) in [7, 11) is -3.68. The molecule has 0 unspecified atom stereocenters. The molecule has 6 nitrogen and oxygen atoms in total. The standard InChI is InChI=1S/C26H28ClNO5S.ClH/c1-2-33-26(30)20-10-14-24(15-11-20)34(31,32)23-12-8-19(9-13-23)5-4-16-28-18-25(29)21-6-3-7-22(27)17-21;/h3,6-15,17,25,28-29H,2,4-5,16,18H2,1H3;1H/t25-;/m0./s1. The number of carbonyl (C=O) groups excluding carboxylic acids is 1. The summed E-state index contributed by atoms with van der Waals surface area (Å²) in [4.78, 5) is 12.1. The van der Waals surface area contributed by atoms with Gasteiger partial charge in [-0.15, -0.1) is 12.4 Å². The molecule has 9 heteroatoms. The molecule has 0 heterocycles. The monoisotopic (exact) mass is 537 g/mol. The highest BCUT2D eigenvalue weighted by molar-refractivity contribution is 7.91. The lowest BCUT2D eigenvalue weighted by molar-refractivity contribution is 0.0526. The summed E-state index contributed by atoms with van der Waals surface area (Å²) in [6.45, 7) is 3.10. The molecule has 0 amide bonds. The van der Waals surface area contributed by atoms with Crippen molar-refractivity contribution in [1.29, 1.82) is 0 Å². The minimum atomic E-state index is -3.68. The van der Waals surface area contributed by atoms with E-state index in [-0.39, 0.29) is 28.8 Å². The van der Waals surface area contributed by atoms with Crippen molar-refractivity contribution in [3.05, 3.63) is 94.5 Å². The first-order valence-corrected chi connectivity index (χ1v) is 12.9. The fourth-order valence-electron chi connectivity index (χ4n) is 3.44. The van der Waals surface area contributed by atoms with Gasteiger partial charge >= 0.3 is 5.97 Å². The second kappa shape index (κ2) is 13.6. The molecule has 0 saturated carbocycles. The number of aliphatic hydroxyl groups is 1. The van der Waals surface area contributed by atoms with Gasteiger partial charge in [-0.3, -0.25) is 0 Å². The molecule has 0 spiro atoms. The lowest BCUT2D eigenvalue weighted by Crippen LogP contribution is -2.22. The Morgan fingerprint density at radius 3 is 2.26 bits per heavy atom. The average Bonchev–Trinajstić information content (AvgIpc) is 2.84. The molecule has 3 aromatic carbocycles. The summed E-state index contributed by atoms with van der Waals surface area (Å²) in [5.74, 6) is -0.482. The van der Waals surface area contributed by atoms with E-state index >= 15 is 0 Å². The van der Waals surface area contributed by atoms with E-state index in [0.29, 0.717) is 23.7 Å². The Morgan fingerprint density at radius 1 is 1.03 bits per heavy atom. The Balaban J connectivity index is 0.00000432. The second-order valence-corrected chi connectivity index (χ2v) is 10.2. The highest BCUT2D eigenvalue weighted by atomic mass is 35.5. The first kappa shape index (κ1) is 28.8. The number of ether oxygens (including phenoxy) is 1. The summed E-state index contributed by atoms with van der Waals surface area (Å²) in [5, 5.41) is 14.0. The topological polar surface area (TPSA) is 92.7 Å². The van der Waals surface area contributed by atoms with Gasteiger partial charge in [0, 0.05) is 11.6 Å². The van der Waals surface area contributed by atoms with E-state index in [2.05, 4.69) is 5.32 Å². The van der Waals surface area contributed by atoms with E-state index < -0.39 is 21.9 Å². The zero-order valence-corrected chi connectivity index (χ0v) is 21.7. The van der Waals surface area contributed by atoms with E-state index in [9.17, 15) is 18.3 Å². The Kier molecular flexibility index (Phi) is 11.2. The van der Waals surface area contributed by atoms with Gasteiger partial charge in [0.25, 0.3) is 0 Å². The molecule has 35 heavy (non-hydrogen) atoms. The maximum atomic E-state index is 12.9. The Hall–Kier alpha value is -2.42. The van der Waals surface area contributed by atoms with Gasteiger partial charge in [-0.25, -0.2) is 13.2 Å². The van der Waals surface area contributed by atoms with Crippen LogP contribution in [0.1, 0.15) is 40.9 Å². The molecule has 3 rings (SSSR count). The van der Waals surface area contributed by atoms with Crippen LogP contribution >= 0.6 is 24.0 Å². The molecular weight excluding hydrogens is 509 g/mol. The minimum absolute atomic E-state index is 0. The number of aryl methyl sites for hydroxylation is 1. The lowest BCUT2D eigenvalue weighted by Gasteiger charge is -2.12. The summed E-state index contributed by atoms with van der Waals surface area (Å²) in [6.07, 6.45) is 0.980. The zero-order valence-electron chi connectivity index (χ0n) is 19.3. The van der Waals surface area contributed by atoms with Crippen LogP contribution in [0.25, 0.3) is 0 Å². The van der Waals surface area contributed by atoms with Crippen molar-refractivity contribution in [3.63, 3.8) is 0 Å². The van der Waals surface area contributed by atoms with E-state index in [1.54, 1.807) is 43.3 Å². The van der Waals surface area contributed by atoms with Crippen LogP contribution in [-0.4, -0.2) is 39.2 Å². The SMILES string of the molecule is CCOC(=O)c1ccc(S(=O)(=O)c2ccc(CCCNC[C@H](O)c3cccc(Cl)c3)cc2)cc1.Cl. The van der Waals surface area contributed by atoms with Gasteiger partial charge in [-0.05, 0) is 86.0 Å². The Labute approximate surface area is 217 Å². The third kappa shape index (κ3) is 8.05. The number of hydrogen-bond acceptors (Lipinski definition) is 6. The van der Waals surface area contributed by atoms with E-state index in [1.807, 2.05) is 12.1 Å². The molecule has 0 aliphatic heterocycles. The van der Waals surface area contributed by atoms with E-state index in [4.69, 9.17) is 16.3 Å². The van der Waals surface area contributed by atoms with Gasteiger partial charge < -0.3 is 15.2 Å². The van der Waals surface area contributed by atoms with Crippen LogP contribution in [0.4, 0.5) is 0 Å². The number of carbonyl (C=O) groups is 1. The van der Waals surface area contributed by atoms with Crippen LogP contribution in [-0.2, 0) is 21.0 Å². The Bertz CT molecular complexity index is 1200. The molecule has 0 aromatic heterocycles. The average molecular weight is 538 g/mol. The first-order chi connectivity index (χ1) is 16.3. The number of hydrogen-bond donors (Lipinski definition) is 2. The molecule has 2 N–H and O–H groups in total. The molecule has 1 atom stereocenters. The van der Waals surface area contributed by atoms with E-state index in [0.717, 1.165) is 24.0 Å². The molecule has 0 aliphatic carbocycles. The fraction of sp³-hybridized carbons (Fsp3) is 0.269. The van der Waals surface area contributed by atoms with Crippen molar-refractivity contribution >= 4 is 39.8 Å². The van der Waals surface area contributed by atoms with Crippen molar-refractivity contribution < 1.29 is 23.1 Å². The largest absolute Gasteiger partial charge is 0.462 e. The number of benzene rings is 3. The van der Waals surface area contributed by atoms with Gasteiger partial charge in [0.15, 0.2) is 0 Å². The minimum Gasteiger partial charge on any atom is -0.462 e. The van der Waals surface area contributed by atoms with E-state index in [1.165, 1.54) is 24.3 Å². The molecule has 0 saturated heterocycles. The summed E-state index contributed by atoms with van der Waals surface area (Å²) >= 11 is 5.96. The van der Waals surface area contributed by atoms with Crippen molar-refractivity contribution in [2.75, 3.05) is 19.7 Å². The molecular formula is C26H29Cl2NO5S. The van der Waals surface area contributed by atoms with Crippen LogP contribution < -0.4 is 5.32 Å².